The van der Waals surface area contributed by atoms with E-state index in [2.05, 4.69) is 0 Å². The monoisotopic (exact) mass is 199 g/mol. The third-order valence-corrected chi connectivity index (χ3v) is 2.26. The van der Waals surface area contributed by atoms with Gasteiger partial charge in [-0.3, -0.25) is 0 Å². The summed E-state index contributed by atoms with van der Waals surface area (Å²) in [5.74, 6) is 0.203. The summed E-state index contributed by atoms with van der Waals surface area (Å²) >= 11 is 5.91. The second-order valence-corrected chi connectivity index (χ2v) is 3.70. The van der Waals surface area contributed by atoms with Gasteiger partial charge in [0, 0.05) is 11.1 Å². The number of hydrogen-bond donors (Lipinski definition) is 2. The van der Waals surface area contributed by atoms with Crippen molar-refractivity contribution >= 4 is 11.6 Å². The Hall–Kier alpha value is -0.730. The molecule has 0 spiro atoms. The van der Waals surface area contributed by atoms with Crippen LogP contribution in [0.2, 0.25) is 5.02 Å². The molecule has 72 valence electrons. The summed E-state index contributed by atoms with van der Waals surface area (Å²) in [6.45, 7) is 1.97. The van der Waals surface area contributed by atoms with Crippen molar-refractivity contribution in [2.75, 3.05) is 0 Å². The molecule has 1 rings (SSSR count). The summed E-state index contributed by atoms with van der Waals surface area (Å²) in [4.78, 5) is 0. The zero-order valence-corrected chi connectivity index (χ0v) is 8.38. The van der Waals surface area contributed by atoms with Gasteiger partial charge in [0.15, 0.2) is 0 Å². The van der Waals surface area contributed by atoms with Crippen LogP contribution in [-0.4, -0.2) is 11.1 Å². The molecular formula is C10H14ClNO. The first-order valence-corrected chi connectivity index (χ1v) is 4.70. The Kier molecular flexibility index (Phi) is 3.58. The minimum atomic E-state index is 0.185. The predicted octanol–water partition coefficient (Wildman–Crippen LogP) is 2.33. The van der Waals surface area contributed by atoms with Crippen LogP contribution in [0.1, 0.15) is 18.9 Å². The predicted molar refractivity (Wildman–Crippen MR) is 55.1 cm³/mol. The van der Waals surface area contributed by atoms with Crippen molar-refractivity contribution in [3.05, 3.63) is 28.8 Å². The number of benzene rings is 1. The Balaban J connectivity index is 2.67. The van der Waals surface area contributed by atoms with Crippen LogP contribution in [0.25, 0.3) is 0 Å². The summed E-state index contributed by atoms with van der Waals surface area (Å²) < 4.78 is 0. The normalized spacial score (nSPS) is 12.8. The van der Waals surface area contributed by atoms with Crippen LogP contribution in [0.15, 0.2) is 18.2 Å². The van der Waals surface area contributed by atoms with Gasteiger partial charge in [0.2, 0.25) is 0 Å². The van der Waals surface area contributed by atoms with E-state index in [1.165, 1.54) is 0 Å². The van der Waals surface area contributed by atoms with E-state index in [1.54, 1.807) is 12.1 Å². The standard InChI is InChI=1S/C10H14ClNO/c1-7(12)2-3-8-4-5-9(13)6-10(8)11/h4-7,13H,2-3,12H2,1H3/t7-/m0/s1. The number of aryl methyl sites for hydroxylation is 1. The number of halogens is 1. The molecular weight excluding hydrogens is 186 g/mol. The molecule has 0 radical (unpaired) electrons. The minimum Gasteiger partial charge on any atom is -0.508 e. The fourth-order valence-corrected chi connectivity index (χ4v) is 1.39. The van der Waals surface area contributed by atoms with E-state index in [-0.39, 0.29) is 11.8 Å². The van der Waals surface area contributed by atoms with Crippen molar-refractivity contribution in [1.82, 2.24) is 0 Å². The van der Waals surface area contributed by atoms with E-state index in [0.717, 1.165) is 18.4 Å². The molecule has 1 aromatic carbocycles. The lowest BCUT2D eigenvalue weighted by molar-refractivity contribution is 0.475. The molecule has 0 amide bonds. The van der Waals surface area contributed by atoms with Crippen LogP contribution in [0.5, 0.6) is 5.75 Å². The fourth-order valence-electron chi connectivity index (χ4n) is 1.12. The van der Waals surface area contributed by atoms with Crippen LogP contribution in [0, 0.1) is 0 Å². The molecule has 1 atom stereocenters. The number of aromatic hydroxyl groups is 1. The number of rotatable bonds is 3. The number of phenols is 1. The van der Waals surface area contributed by atoms with Crippen molar-refractivity contribution in [3.8, 4) is 5.75 Å². The molecule has 1 aromatic rings. The molecule has 0 saturated carbocycles. The zero-order valence-electron chi connectivity index (χ0n) is 7.63. The van der Waals surface area contributed by atoms with Crippen molar-refractivity contribution in [2.24, 2.45) is 5.73 Å². The minimum absolute atomic E-state index is 0.185. The van der Waals surface area contributed by atoms with Gasteiger partial charge in [-0.05, 0) is 37.5 Å². The van der Waals surface area contributed by atoms with Crippen LogP contribution >= 0.6 is 11.6 Å². The largest absolute Gasteiger partial charge is 0.508 e. The first-order valence-electron chi connectivity index (χ1n) is 4.32. The third-order valence-electron chi connectivity index (χ3n) is 1.91. The summed E-state index contributed by atoms with van der Waals surface area (Å²) in [6.07, 6.45) is 1.77. The van der Waals surface area contributed by atoms with E-state index in [0.29, 0.717) is 5.02 Å². The smallest absolute Gasteiger partial charge is 0.117 e. The molecule has 0 saturated heterocycles. The Morgan fingerprint density at radius 3 is 2.77 bits per heavy atom. The van der Waals surface area contributed by atoms with Crippen molar-refractivity contribution in [2.45, 2.75) is 25.8 Å². The molecule has 0 unspecified atom stereocenters. The summed E-state index contributed by atoms with van der Waals surface area (Å²) in [5.41, 5.74) is 6.67. The van der Waals surface area contributed by atoms with Crippen molar-refractivity contribution < 1.29 is 5.11 Å². The molecule has 0 fully saturated rings. The first kappa shape index (κ1) is 10.4. The Bertz CT molecular complexity index is 286. The summed E-state index contributed by atoms with van der Waals surface area (Å²) in [6, 6.07) is 5.21. The van der Waals surface area contributed by atoms with Gasteiger partial charge in [-0.1, -0.05) is 17.7 Å². The highest BCUT2D eigenvalue weighted by atomic mass is 35.5. The van der Waals surface area contributed by atoms with Crippen LogP contribution in [-0.2, 0) is 6.42 Å². The Labute approximate surface area is 83.3 Å². The van der Waals surface area contributed by atoms with E-state index in [1.807, 2.05) is 13.0 Å². The van der Waals surface area contributed by atoms with E-state index in [9.17, 15) is 0 Å². The highest BCUT2D eigenvalue weighted by Crippen LogP contribution is 2.22. The van der Waals surface area contributed by atoms with Crippen LogP contribution < -0.4 is 5.73 Å². The van der Waals surface area contributed by atoms with Gasteiger partial charge < -0.3 is 10.8 Å². The maximum Gasteiger partial charge on any atom is 0.117 e. The molecule has 0 bridgehead atoms. The third kappa shape index (κ3) is 3.25. The number of phenolic OH excluding ortho intramolecular Hbond substituents is 1. The molecule has 3 N–H and O–H groups in total. The van der Waals surface area contributed by atoms with Gasteiger partial charge in [-0.25, -0.2) is 0 Å². The lowest BCUT2D eigenvalue weighted by atomic mass is 10.1. The average Bonchev–Trinajstić information content (AvgIpc) is 2.02. The SMILES string of the molecule is C[C@H](N)CCc1ccc(O)cc1Cl. The molecule has 0 aromatic heterocycles. The lowest BCUT2D eigenvalue weighted by Gasteiger charge is -2.06. The summed E-state index contributed by atoms with van der Waals surface area (Å²) in [7, 11) is 0. The van der Waals surface area contributed by atoms with Crippen molar-refractivity contribution in [3.63, 3.8) is 0 Å². The molecule has 3 heteroatoms. The van der Waals surface area contributed by atoms with Gasteiger partial charge in [-0.15, -0.1) is 0 Å². The topological polar surface area (TPSA) is 46.2 Å². The lowest BCUT2D eigenvalue weighted by Crippen LogP contribution is -2.15. The maximum atomic E-state index is 9.11. The Morgan fingerprint density at radius 2 is 2.23 bits per heavy atom. The molecule has 0 aliphatic heterocycles. The molecule has 0 aliphatic rings. The number of nitrogens with two attached hydrogens (primary N) is 1. The Morgan fingerprint density at radius 1 is 1.54 bits per heavy atom. The maximum absolute atomic E-state index is 9.11. The number of hydrogen-bond acceptors (Lipinski definition) is 2. The first-order chi connectivity index (χ1) is 6.09. The average molecular weight is 200 g/mol. The van der Waals surface area contributed by atoms with E-state index >= 15 is 0 Å². The van der Waals surface area contributed by atoms with E-state index < -0.39 is 0 Å². The second-order valence-electron chi connectivity index (χ2n) is 3.29. The molecule has 0 aliphatic carbocycles. The van der Waals surface area contributed by atoms with Crippen LogP contribution in [0.4, 0.5) is 0 Å². The van der Waals surface area contributed by atoms with Gasteiger partial charge in [0.05, 0.1) is 0 Å². The zero-order chi connectivity index (χ0) is 9.84. The molecule has 13 heavy (non-hydrogen) atoms. The highest BCUT2D eigenvalue weighted by Gasteiger charge is 2.02. The van der Waals surface area contributed by atoms with Crippen molar-refractivity contribution in [1.29, 1.82) is 0 Å². The highest BCUT2D eigenvalue weighted by molar-refractivity contribution is 6.31. The van der Waals surface area contributed by atoms with Gasteiger partial charge in [0.25, 0.3) is 0 Å². The van der Waals surface area contributed by atoms with Crippen LogP contribution in [0.3, 0.4) is 0 Å². The van der Waals surface area contributed by atoms with E-state index in [4.69, 9.17) is 22.4 Å². The molecule has 0 heterocycles. The fraction of sp³-hybridized carbons (Fsp3) is 0.400. The molecule has 2 nitrogen and oxygen atoms in total. The van der Waals surface area contributed by atoms with Gasteiger partial charge >= 0.3 is 0 Å². The quantitative estimate of drug-likeness (QED) is 0.785. The van der Waals surface area contributed by atoms with Gasteiger partial charge in [0.1, 0.15) is 5.75 Å². The summed E-state index contributed by atoms with van der Waals surface area (Å²) in [5, 5.41) is 9.72. The second kappa shape index (κ2) is 4.49. The van der Waals surface area contributed by atoms with Gasteiger partial charge in [-0.2, -0.15) is 0 Å².